The number of rotatable bonds is 3. The molecular formula is C15H18N4O. The Morgan fingerprint density at radius 3 is 2.95 bits per heavy atom. The average molecular weight is 270 g/mol. The van der Waals surface area contributed by atoms with Crippen molar-refractivity contribution >= 4 is 22.6 Å². The molecule has 5 nitrogen and oxygen atoms in total. The molecule has 3 rings (SSSR count). The molecule has 0 radical (unpaired) electrons. The van der Waals surface area contributed by atoms with Crippen LogP contribution >= 0.6 is 0 Å². The first-order valence-electron chi connectivity index (χ1n) is 6.91. The van der Waals surface area contributed by atoms with Crippen molar-refractivity contribution in [2.24, 2.45) is 5.84 Å². The molecule has 1 fully saturated rings. The lowest BCUT2D eigenvalue weighted by molar-refractivity contribution is -0.133. The zero-order valence-electron chi connectivity index (χ0n) is 11.3. The Kier molecular flexibility index (Phi) is 3.52. The second-order valence-corrected chi connectivity index (χ2v) is 5.11. The van der Waals surface area contributed by atoms with E-state index >= 15 is 0 Å². The second kappa shape index (κ2) is 5.46. The van der Waals surface area contributed by atoms with E-state index in [0.29, 0.717) is 18.8 Å². The topological polar surface area (TPSA) is 71.2 Å². The highest BCUT2D eigenvalue weighted by atomic mass is 16.2. The van der Waals surface area contributed by atoms with E-state index in [-0.39, 0.29) is 5.91 Å². The molecule has 20 heavy (non-hydrogen) atoms. The lowest BCUT2D eigenvalue weighted by atomic mass is 10.1. The van der Waals surface area contributed by atoms with Crippen LogP contribution in [0.2, 0.25) is 0 Å². The highest BCUT2D eigenvalue weighted by molar-refractivity contribution is 5.82. The molecule has 2 aromatic rings. The molecule has 5 heteroatoms. The van der Waals surface area contributed by atoms with E-state index in [4.69, 9.17) is 5.84 Å². The molecule has 0 bridgehead atoms. The molecule has 3 N–H and O–H groups in total. The number of hydrogen-bond acceptors (Lipinski definition) is 4. The first kappa shape index (κ1) is 12.9. The van der Waals surface area contributed by atoms with Crippen LogP contribution in [0.15, 0.2) is 30.3 Å². The van der Waals surface area contributed by atoms with Crippen LogP contribution in [0, 0.1) is 0 Å². The molecule has 0 saturated carbocycles. The molecule has 1 aromatic carbocycles. The van der Waals surface area contributed by atoms with E-state index in [1.54, 1.807) is 0 Å². The van der Waals surface area contributed by atoms with Crippen LogP contribution in [0.1, 0.15) is 24.8 Å². The molecule has 0 aliphatic carbocycles. The Morgan fingerprint density at radius 1 is 1.30 bits per heavy atom. The number of hydrazine groups is 1. The second-order valence-electron chi connectivity index (χ2n) is 5.11. The van der Waals surface area contributed by atoms with Gasteiger partial charge >= 0.3 is 0 Å². The molecular weight excluding hydrogens is 252 g/mol. The molecule has 1 amide bonds. The van der Waals surface area contributed by atoms with Crippen molar-refractivity contribution in [1.29, 1.82) is 0 Å². The minimum absolute atomic E-state index is 0.215. The molecule has 1 aromatic heterocycles. The minimum Gasteiger partial charge on any atom is -0.338 e. The van der Waals surface area contributed by atoms with Gasteiger partial charge in [-0.3, -0.25) is 4.79 Å². The molecule has 1 aliphatic heterocycles. The van der Waals surface area contributed by atoms with Gasteiger partial charge in [-0.15, -0.1) is 0 Å². The monoisotopic (exact) mass is 270 g/mol. The van der Waals surface area contributed by atoms with Crippen molar-refractivity contribution in [3.63, 3.8) is 0 Å². The Morgan fingerprint density at radius 2 is 2.15 bits per heavy atom. The summed E-state index contributed by atoms with van der Waals surface area (Å²) < 4.78 is 0. The number of anilines is 1. The number of nitrogens with one attached hydrogen (secondary N) is 1. The number of likely N-dealkylation sites (tertiary alicyclic amines) is 1. The Labute approximate surface area is 117 Å². The maximum atomic E-state index is 11.9. The molecule has 0 atom stereocenters. The van der Waals surface area contributed by atoms with E-state index in [2.05, 4.69) is 16.5 Å². The van der Waals surface area contributed by atoms with Crippen LogP contribution in [0.5, 0.6) is 0 Å². The summed E-state index contributed by atoms with van der Waals surface area (Å²) in [5.74, 6) is 6.42. The smallest absolute Gasteiger partial charge is 0.222 e. The van der Waals surface area contributed by atoms with Gasteiger partial charge in [0.15, 0.2) is 0 Å². The van der Waals surface area contributed by atoms with Crippen LogP contribution in [0.4, 0.5) is 5.82 Å². The fraction of sp³-hybridized carbons (Fsp3) is 0.333. The number of nitrogens with two attached hydrogens (primary N) is 1. The number of nitrogens with zero attached hydrogens (tertiary/aromatic N) is 2. The largest absolute Gasteiger partial charge is 0.338 e. The minimum atomic E-state index is 0.215. The zero-order chi connectivity index (χ0) is 13.9. The SMILES string of the molecule is NNc1nc2ccccc2cc1CN1CCCCC1=O. The van der Waals surface area contributed by atoms with Gasteiger partial charge in [-0.25, -0.2) is 10.8 Å². The van der Waals surface area contributed by atoms with Crippen molar-refractivity contribution in [1.82, 2.24) is 9.88 Å². The standard InChI is InChI=1S/C15H18N4O/c16-18-15-12(10-19-8-4-3-7-14(19)20)9-11-5-1-2-6-13(11)17-15/h1-2,5-6,9H,3-4,7-8,10,16H2,(H,17,18). The predicted molar refractivity (Wildman–Crippen MR) is 78.8 cm³/mol. The number of para-hydroxylation sites is 1. The third-order valence-corrected chi connectivity index (χ3v) is 3.72. The lowest BCUT2D eigenvalue weighted by Crippen LogP contribution is -2.35. The summed E-state index contributed by atoms with van der Waals surface area (Å²) in [6, 6.07) is 9.95. The third kappa shape index (κ3) is 2.44. The number of carbonyl (C=O) groups excluding carboxylic acids is 1. The highest BCUT2D eigenvalue weighted by Crippen LogP contribution is 2.23. The molecule has 1 aliphatic rings. The van der Waals surface area contributed by atoms with Crippen molar-refractivity contribution in [2.75, 3.05) is 12.0 Å². The van der Waals surface area contributed by atoms with Gasteiger partial charge in [0.25, 0.3) is 0 Å². The Bertz CT molecular complexity index is 641. The number of carbonyl (C=O) groups is 1. The van der Waals surface area contributed by atoms with Crippen LogP contribution in [-0.2, 0) is 11.3 Å². The number of fused-ring (bicyclic) bond motifs is 1. The number of nitrogen functional groups attached to an aromatic ring is 1. The number of amides is 1. The summed E-state index contributed by atoms with van der Waals surface area (Å²) in [6.07, 6.45) is 2.71. The normalized spacial score (nSPS) is 15.7. The molecule has 104 valence electrons. The van der Waals surface area contributed by atoms with Crippen LogP contribution in [0.3, 0.4) is 0 Å². The van der Waals surface area contributed by atoms with Crippen molar-refractivity contribution in [2.45, 2.75) is 25.8 Å². The highest BCUT2D eigenvalue weighted by Gasteiger charge is 2.19. The van der Waals surface area contributed by atoms with Gasteiger partial charge in [-0.05, 0) is 25.0 Å². The molecule has 0 unspecified atom stereocenters. The molecule has 0 spiro atoms. The molecule has 1 saturated heterocycles. The fourth-order valence-corrected chi connectivity index (χ4v) is 2.64. The van der Waals surface area contributed by atoms with E-state index in [9.17, 15) is 4.79 Å². The van der Waals surface area contributed by atoms with Gasteiger partial charge in [0.1, 0.15) is 5.82 Å². The Balaban J connectivity index is 1.94. The van der Waals surface area contributed by atoms with E-state index in [1.807, 2.05) is 29.2 Å². The van der Waals surface area contributed by atoms with Crippen LogP contribution < -0.4 is 11.3 Å². The van der Waals surface area contributed by atoms with Crippen LogP contribution in [-0.4, -0.2) is 22.3 Å². The summed E-state index contributed by atoms with van der Waals surface area (Å²) in [6.45, 7) is 1.38. The van der Waals surface area contributed by atoms with Crippen molar-refractivity contribution in [3.8, 4) is 0 Å². The van der Waals surface area contributed by atoms with E-state index in [1.165, 1.54) is 0 Å². The van der Waals surface area contributed by atoms with Gasteiger partial charge in [-0.1, -0.05) is 18.2 Å². The first-order valence-corrected chi connectivity index (χ1v) is 6.91. The quantitative estimate of drug-likeness (QED) is 0.661. The van der Waals surface area contributed by atoms with Gasteiger partial charge in [-0.2, -0.15) is 0 Å². The van der Waals surface area contributed by atoms with Gasteiger partial charge in [0, 0.05) is 30.5 Å². The summed E-state index contributed by atoms with van der Waals surface area (Å²) in [5, 5.41) is 1.06. The van der Waals surface area contributed by atoms with Crippen LogP contribution in [0.25, 0.3) is 10.9 Å². The average Bonchev–Trinajstić information content (AvgIpc) is 2.49. The summed E-state index contributed by atoms with van der Waals surface area (Å²) >= 11 is 0. The van der Waals surface area contributed by atoms with Gasteiger partial charge in [0.2, 0.25) is 5.91 Å². The number of benzene rings is 1. The maximum absolute atomic E-state index is 11.9. The predicted octanol–water partition coefficient (Wildman–Crippen LogP) is 2.03. The lowest BCUT2D eigenvalue weighted by Gasteiger charge is -2.27. The van der Waals surface area contributed by atoms with Crippen molar-refractivity contribution in [3.05, 3.63) is 35.9 Å². The summed E-state index contributed by atoms with van der Waals surface area (Å²) in [5.41, 5.74) is 4.50. The van der Waals surface area contributed by atoms with Crippen molar-refractivity contribution < 1.29 is 4.79 Å². The maximum Gasteiger partial charge on any atom is 0.222 e. The number of aromatic nitrogens is 1. The number of pyridine rings is 1. The number of hydrogen-bond donors (Lipinski definition) is 2. The summed E-state index contributed by atoms with van der Waals surface area (Å²) in [4.78, 5) is 18.3. The van der Waals surface area contributed by atoms with Gasteiger partial charge in [0.05, 0.1) is 5.52 Å². The first-order chi connectivity index (χ1) is 9.78. The van der Waals surface area contributed by atoms with Gasteiger partial charge < -0.3 is 10.3 Å². The Hall–Kier alpha value is -2.14. The molecule has 2 heterocycles. The van der Waals surface area contributed by atoms with E-state index < -0.39 is 0 Å². The third-order valence-electron chi connectivity index (χ3n) is 3.72. The summed E-state index contributed by atoms with van der Waals surface area (Å²) in [7, 11) is 0. The van der Waals surface area contributed by atoms with E-state index in [0.717, 1.165) is 35.9 Å². The number of piperidine rings is 1. The zero-order valence-corrected chi connectivity index (χ0v) is 11.3. The fourth-order valence-electron chi connectivity index (χ4n) is 2.64.